The molecule has 0 atom stereocenters. The van der Waals surface area contributed by atoms with E-state index in [-0.39, 0.29) is 5.12 Å². The van der Waals surface area contributed by atoms with Crippen LogP contribution in [0.1, 0.15) is 34.7 Å². The molecule has 64 valence electrons. The molecule has 0 aromatic carbocycles. The first-order valence-corrected chi connectivity index (χ1v) is 4.52. The molecule has 0 saturated heterocycles. The van der Waals surface area contributed by atoms with Crippen LogP contribution >= 0.6 is 12.6 Å². The molecule has 1 aliphatic carbocycles. The third kappa shape index (κ3) is 1.29. The van der Waals surface area contributed by atoms with Gasteiger partial charge in [-0.05, 0) is 24.3 Å². The molecule has 0 bridgehead atoms. The molecule has 0 radical (unpaired) electrons. The van der Waals surface area contributed by atoms with Crippen molar-refractivity contribution >= 4 is 17.7 Å². The van der Waals surface area contributed by atoms with Crippen LogP contribution in [-0.2, 0) is 7.05 Å². The highest BCUT2D eigenvalue weighted by atomic mass is 32.1. The molecular weight excluding hydrogens is 170 g/mol. The molecule has 0 spiro atoms. The Morgan fingerprint density at radius 1 is 1.58 bits per heavy atom. The van der Waals surface area contributed by atoms with E-state index in [0.717, 1.165) is 5.56 Å². The van der Waals surface area contributed by atoms with Crippen molar-refractivity contribution in [3.05, 3.63) is 23.5 Å². The molecule has 2 rings (SSSR count). The SMILES string of the molecule is Cn1cc(C(=O)S)c(C2CC2)c1. The number of carbonyl (C=O) groups excluding carboxylic acids is 1. The molecule has 1 aliphatic rings. The maximum absolute atomic E-state index is 11.1. The number of carbonyl (C=O) groups is 1. The summed E-state index contributed by atoms with van der Waals surface area (Å²) in [6, 6.07) is 0. The molecular formula is C9H11NOS. The molecule has 0 N–H and O–H groups in total. The van der Waals surface area contributed by atoms with Gasteiger partial charge < -0.3 is 4.57 Å². The third-order valence-corrected chi connectivity index (χ3v) is 2.47. The van der Waals surface area contributed by atoms with Crippen LogP contribution in [0.4, 0.5) is 0 Å². The van der Waals surface area contributed by atoms with E-state index in [1.54, 1.807) is 0 Å². The van der Waals surface area contributed by atoms with E-state index in [9.17, 15) is 4.79 Å². The molecule has 0 amide bonds. The maximum atomic E-state index is 11.1. The Labute approximate surface area is 77.0 Å². The smallest absolute Gasteiger partial charge is 0.218 e. The number of thiol groups is 1. The Morgan fingerprint density at radius 3 is 2.75 bits per heavy atom. The van der Waals surface area contributed by atoms with E-state index in [2.05, 4.69) is 12.6 Å². The highest BCUT2D eigenvalue weighted by Crippen LogP contribution is 2.42. The topological polar surface area (TPSA) is 22.0 Å². The normalized spacial score (nSPS) is 16.5. The highest BCUT2D eigenvalue weighted by Gasteiger charge is 2.28. The molecule has 1 fully saturated rings. The molecule has 1 saturated carbocycles. The Morgan fingerprint density at radius 2 is 2.25 bits per heavy atom. The van der Waals surface area contributed by atoms with Crippen LogP contribution < -0.4 is 0 Å². The van der Waals surface area contributed by atoms with Crippen LogP contribution in [0.5, 0.6) is 0 Å². The van der Waals surface area contributed by atoms with Gasteiger partial charge in [0.25, 0.3) is 0 Å². The lowest BCUT2D eigenvalue weighted by Crippen LogP contribution is -1.90. The number of hydrogen-bond acceptors (Lipinski definition) is 1. The molecule has 0 aliphatic heterocycles. The highest BCUT2D eigenvalue weighted by molar-refractivity contribution is 7.97. The summed E-state index contributed by atoms with van der Waals surface area (Å²) in [5, 5.41) is -0.113. The van der Waals surface area contributed by atoms with Crippen molar-refractivity contribution in [2.24, 2.45) is 7.05 Å². The van der Waals surface area contributed by atoms with Crippen molar-refractivity contribution in [1.82, 2.24) is 4.57 Å². The van der Waals surface area contributed by atoms with Gasteiger partial charge in [0.15, 0.2) is 0 Å². The Kier molecular flexibility index (Phi) is 1.76. The second-order valence-corrected chi connectivity index (χ2v) is 3.78. The summed E-state index contributed by atoms with van der Waals surface area (Å²) in [6.07, 6.45) is 6.32. The first-order chi connectivity index (χ1) is 5.68. The minimum Gasteiger partial charge on any atom is -0.356 e. The molecule has 1 aromatic rings. The first-order valence-electron chi connectivity index (χ1n) is 4.07. The molecule has 1 aromatic heterocycles. The zero-order valence-electron chi connectivity index (χ0n) is 6.95. The van der Waals surface area contributed by atoms with Gasteiger partial charge in [-0.2, -0.15) is 0 Å². The average Bonchev–Trinajstić information content (AvgIpc) is 2.75. The fraction of sp³-hybridized carbons (Fsp3) is 0.444. The van der Waals surface area contributed by atoms with Crippen molar-refractivity contribution in [2.75, 3.05) is 0 Å². The van der Waals surface area contributed by atoms with Crippen molar-refractivity contribution in [2.45, 2.75) is 18.8 Å². The Balaban J connectivity index is 2.43. The predicted octanol–water partition coefficient (Wildman–Crippen LogP) is 1.97. The lowest BCUT2D eigenvalue weighted by molar-refractivity contribution is 0.109. The molecule has 2 nitrogen and oxygen atoms in total. The van der Waals surface area contributed by atoms with Crippen molar-refractivity contribution in [3.63, 3.8) is 0 Å². The fourth-order valence-electron chi connectivity index (χ4n) is 1.50. The van der Waals surface area contributed by atoms with Crippen LogP contribution in [0.25, 0.3) is 0 Å². The number of nitrogens with zero attached hydrogens (tertiary/aromatic N) is 1. The van der Waals surface area contributed by atoms with E-state index in [0.29, 0.717) is 5.92 Å². The summed E-state index contributed by atoms with van der Waals surface area (Å²) in [4.78, 5) is 11.1. The predicted molar refractivity (Wildman–Crippen MR) is 50.7 cm³/mol. The van der Waals surface area contributed by atoms with Gasteiger partial charge in [0.05, 0.1) is 0 Å². The van der Waals surface area contributed by atoms with E-state index in [1.165, 1.54) is 18.4 Å². The van der Waals surface area contributed by atoms with Crippen LogP contribution in [0, 0.1) is 0 Å². The largest absolute Gasteiger partial charge is 0.356 e. The van der Waals surface area contributed by atoms with Gasteiger partial charge in [-0.25, -0.2) is 0 Å². The second kappa shape index (κ2) is 2.66. The summed E-state index contributed by atoms with van der Waals surface area (Å²) >= 11 is 3.84. The lowest BCUT2D eigenvalue weighted by Gasteiger charge is -1.93. The van der Waals surface area contributed by atoms with Crippen LogP contribution in [0.3, 0.4) is 0 Å². The van der Waals surface area contributed by atoms with Gasteiger partial charge >= 0.3 is 0 Å². The van der Waals surface area contributed by atoms with Gasteiger partial charge in [0.1, 0.15) is 0 Å². The van der Waals surface area contributed by atoms with E-state index < -0.39 is 0 Å². The minimum absolute atomic E-state index is 0.113. The van der Waals surface area contributed by atoms with E-state index in [1.807, 2.05) is 24.0 Å². The van der Waals surface area contributed by atoms with Crippen LogP contribution in [0.15, 0.2) is 12.4 Å². The minimum atomic E-state index is -0.113. The monoisotopic (exact) mass is 181 g/mol. The zero-order chi connectivity index (χ0) is 8.72. The quantitative estimate of drug-likeness (QED) is 0.692. The number of rotatable bonds is 2. The fourth-order valence-corrected chi connectivity index (χ4v) is 1.69. The number of aryl methyl sites for hydroxylation is 1. The van der Waals surface area contributed by atoms with E-state index in [4.69, 9.17) is 0 Å². The van der Waals surface area contributed by atoms with Crippen molar-refractivity contribution < 1.29 is 4.79 Å². The maximum Gasteiger partial charge on any atom is 0.218 e. The van der Waals surface area contributed by atoms with Gasteiger partial charge in [0, 0.05) is 25.0 Å². The summed E-state index contributed by atoms with van der Waals surface area (Å²) in [5.74, 6) is 0.622. The summed E-state index contributed by atoms with van der Waals surface area (Å²) in [7, 11) is 1.94. The average molecular weight is 181 g/mol. The molecule has 0 unspecified atom stereocenters. The summed E-state index contributed by atoms with van der Waals surface area (Å²) in [6.45, 7) is 0. The first kappa shape index (κ1) is 7.92. The Hall–Kier alpha value is -0.700. The van der Waals surface area contributed by atoms with Crippen LogP contribution in [-0.4, -0.2) is 9.68 Å². The van der Waals surface area contributed by atoms with Crippen molar-refractivity contribution in [3.8, 4) is 0 Å². The number of hydrogen-bond donors (Lipinski definition) is 1. The second-order valence-electron chi connectivity index (χ2n) is 3.37. The van der Waals surface area contributed by atoms with Crippen LogP contribution in [0.2, 0.25) is 0 Å². The standard InChI is InChI=1S/C9H11NOS/c1-10-4-7(6-2-3-6)8(5-10)9(11)12/h4-6H,2-3H2,1H3,(H,11,12). The lowest BCUT2D eigenvalue weighted by atomic mass is 10.1. The zero-order valence-corrected chi connectivity index (χ0v) is 7.84. The number of aromatic nitrogens is 1. The molecule has 12 heavy (non-hydrogen) atoms. The molecule has 3 heteroatoms. The Bertz CT molecular complexity index is 325. The summed E-state index contributed by atoms with van der Waals surface area (Å²) < 4.78 is 1.93. The van der Waals surface area contributed by atoms with Gasteiger partial charge in [-0.15, -0.1) is 12.6 Å². The van der Waals surface area contributed by atoms with Gasteiger partial charge in [-0.3, -0.25) is 4.79 Å². The van der Waals surface area contributed by atoms with E-state index >= 15 is 0 Å². The van der Waals surface area contributed by atoms with Gasteiger partial charge in [-0.1, -0.05) is 0 Å². The third-order valence-electron chi connectivity index (χ3n) is 2.23. The summed E-state index contributed by atoms with van der Waals surface area (Å²) in [5.41, 5.74) is 1.96. The molecule has 1 heterocycles. The van der Waals surface area contributed by atoms with Crippen molar-refractivity contribution in [1.29, 1.82) is 0 Å². The van der Waals surface area contributed by atoms with Gasteiger partial charge in [0.2, 0.25) is 5.12 Å².